The Hall–Kier alpha value is -3.72. The average Bonchev–Trinajstić information content (AvgIpc) is 2.85. The number of rotatable bonds is 4. The molecule has 0 radical (unpaired) electrons. The molecule has 1 aromatic heterocycles. The Balaban J connectivity index is 1.57. The minimum atomic E-state index is -0.936. The third-order valence-corrected chi connectivity index (χ3v) is 6.51. The highest BCUT2D eigenvalue weighted by atomic mass is 19.2. The topological polar surface area (TPSA) is 75.0 Å². The second-order valence-electron chi connectivity index (χ2n) is 8.53. The summed E-state index contributed by atoms with van der Waals surface area (Å²) in [6.07, 6.45) is 1.95. The fraction of sp³-hybridized carbons (Fsp3) is 0.280. The molecule has 176 valence electrons. The first kappa shape index (κ1) is 22.1. The Kier molecular flexibility index (Phi) is 5.57. The number of fused-ring (bicyclic) bond motifs is 3. The number of hydrogen-bond donors (Lipinski definition) is 1. The molecule has 2 aliphatic heterocycles. The van der Waals surface area contributed by atoms with Crippen LogP contribution in [-0.4, -0.2) is 39.9 Å². The van der Waals surface area contributed by atoms with Crippen molar-refractivity contribution in [2.24, 2.45) is 0 Å². The Morgan fingerprint density at radius 1 is 1.03 bits per heavy atom. The van der Waals surface area contributed by atoms with Crippen molar-refractivity contribution in [2.75, 3.05) is 12.1 Å². The maximum absolute atomic E-state index is 13.7. The van der Waals surface area contributed by atoms with Crippen molar-refractivity contribution < 1.29 is 23.4 Å². The highest BCUT2D eigenvalue weighted by Gasteiger charge is 2.46. The van der Waals surface area contributed by atoms with Gasteiger partial charge in [0.1, 0.15) is 6.17 Å². The van der Waals surface area contributed by atoms with Crippen LogP contribution in [0.5, 0.6) is 5.75 Å². The molecule has 5 rings (SSSR count). The van der Waals surface area contributed by atoms with E-state index < -0.39 is 28.7 Å². The first-order chi connectivity index (χ1) is 16.4. The number of amides is 1. The molecule has 34 heavy (non-hydrogen) atoms. The molecule has 3 atom stereocenters. The number of carbonyl (C=O) groups excluding carboxylic acids is 1. The highest BCUT2D eigenvalue weighted by molar-refractivity contribution is 5.96. The summed E-state index contributed by atoms with van der Waals surface area (Å²) < 4.78 is 34.8. The van der Waals surface area contributed by atoms with Gasteiger partial charge in [0.05, 0.1) is 18.8 Å². The maximum Gasteiger partial charge on any atom is 0.277 e. The summed E-state index contributed by atoms with van der Waals surface area (Å²) in [7, 11) is 1.64. The Labute approximate surface area is 194 Å². The van der Waals surface area contributed by atoms with Gasteiger partial charge in [-0.1, -0.05) is 36.4 Å². The van der Waals surface area contributed by atoms with Crippen LogP contribution in [0.4, 0.5) is 8.78 Å². The summed E-state index contributed by atoms with van der Waals surface area (Å²) in [6.45, 7) is 0.0702. The predicted octanol–water partition coefficient (Wildman–Crippen LogP) is 3.30. The molecule has 1 amide bonds. The predicted molar refractivity (Wildman–Crippen MR) is 120 cm³/mol. The number of hydrogen-bond acceptors (Lipinski definition) is 5. The van der Waals surface area contributed by atoms with Crippen LogP contribution in [0.15, 0.2) is 65.6 Å². The SMILES string of the molecule is CN1C(=O)c2c(O)c(=O)ccn2N2C(c3ccccc3)C(OCc3ccc(F)c(F)c3)CCC12. The van der Waals surface area contributed by atoms with Gasteiger partial charge >= 0.3 is 0 Å². The van der Waals surface area contributed by atoms with E-state index in [1.54, 1.807) is 7.05 Å². The normalized spacial score (nSPS) is 21.9. The zero-order chi connectivity index (χ0) is 24.0. The van der Waals surface area contributed by atoms with Gasteiger partial charge in [-0.2, -0.15) is 0 Å². The monoisotopic (exact) mass is 467 g/mol. The highest BCUT2D eigenvalue weighted by Crippen LogP contribution is 2.40. The third-order valence-electron chi connectivity index (χ3n) is 6.51. The largest absolute Gasteiger partial charge is 0.502 e. The third kappa shape index (κ3) is 3.62. The molecular formula is C25H23F2N3O4. The first-order valence-electron chi connectivity index (χ1n) is 11.0. The van der Waals surface area contributed by atoms with Crippen molar-refractivity contribution in [3.05, 3.63) is 99.5 Å². The van der Waals surface area contributed by atoms with Crippen molar-refractivity contribution >= 4 is 5.91 Å². The van der Waals surface area contributed by atoms with E-state index in [4.69, 9.17) is 4.74 Å². The lowest BCUT2D eigenvalue weighted by molar-refractivity contribution is -0.0268. The molecule has 0 aliphatic carbocycles. The molecule has 3 aromatic rings. The van der Waals surface area contributed by atoms with Crippen LogP contribution in [0.25, 0.3) is 0 Å². The summed E-state index contributed by atoms with van der Waals surface area (Å²) in [5, 5.41) is 12.4. The fourth-order valence-electron chi connectivity index (χ4n) is 4.84. The number of benzene rings is 2. The lowest BCUT2D eigenvalue weighted by Crippen LogP contribution is -2.65. The van der Waals surface area contributed by atoms with E-state index >= 15 is 0 Å². The molecule has 0 bridgehead atoms. The fourth-order valence-corrected chi connectivity index (χ4v) is 4.84. The summed E-state index contributed by atoms with van der Waals surface area (Å²) in [5.41, 5.74) is 0.675. The minimum Gasteiger partial charge on any atom is -0.502 e. The van der Waals surface area contributed by atoms with E-state index in [-0.39, 0.29) is 30.6 Å². The molecule has 9 heteroatoms. The number of carbonyl (C=O) groups is 1. The molecule has 3 unspecified atom stereocenters. The van der Waals surface area contributed by atoms with E-state index in [1.165, 1.54) is 27.9 Å². The number of aromatic nitrogens is 1. The van der Waals surface area contributed by atoms with Gasteiger partial charge in [0, 0.05) is 19.3 Å². The van der Waals surface area contributed by atoms with E-state index in [0.717, 1.165) is 17.7 Å². The molecule has 0 saturated carbocycles. The van der Waals surface area contributed by atoms with E-state index in [9.17, 15) is 23.5 Å². The minimum absolute atomic E-state index is 0.0702. The number of halogens is 2. The Morgan fingerprint density at radius 3 is 2.53 bits per heavy atom. The smallest absolute Gasteiger partial charge is 0.277 e. The van der Waals surface area contributed by atoms with Crippen molar-refractivity contribution in [2.45, 2.75) is 37.8 Å². The summed E-state index contributed by atoms with van der Waals surface area (Å²) in [6, 6.07) is 14.1. The van der Waals surface area contributed by atoms with Crippen LogP contribution in [-0.2, 0) is 11.3 Å². The molecule has 1 fully saturated rings. The average molecular weight is 467 g/mol. The number of pyridine rings is 1. The van der Waals surface area contributed by atoms with Crippen LogP contribution in [0, 0.1) is 11.6 Å². The zero-order valence-electron chi connectivity index (χ0n) is 18.4. The quantitative estimate of drug-likeness (QED) is 0.638. The molecule has 2 aliphatic rings. The molecule has 3 heterocycles. The number of piperidine rings is 1. The molecule has 0 spiro atoms. The molecule has 7 nitrogen and oxygen atoms in total. The van der Waals surface area contributed by atoms with Crippen molar-refractivity contribution in [1.82, 2.24) is 9.58 Å². The Bertz CT molecular complexity index is 1300. The van der Waals surface area contributed by atoms with Crippen LogP contribution in [0.1, 0.15) is 40.5 Å². The van der Waals surface area contributed by atoms with Gasteiger partial charge in [0.25, 0.3) is 5.91 Å². The molecule has 1 saturated heterocycles. The summed E-state index contributed by atoms with van der Waals surface area (Å²) in [5.74, 6) is -2.90. The molecule has 1 N–H and O–H groups in total. The first-order valence-corrected chi connectivity index (χ1v) is 11.0. The molecular weight excluding hydrogens is 444 g/mol. The maximum atomic E-state index is 13.7. The van der Waals surface area contributed by atoms with Crippen molar-refractivity contribution in [1.29, 1.82) is 0 Å². The number of nitrogens with zero attached hydrogens (tertiary/aromatic N) is 3. The van der Waals surface area contributed by atoms with Gasteiger partial charge in [0.2, 0.25) is 5.43 Å². The second kappa shape index (κ2) is 8.57. The van der Waals surface area contributed by atoms with Crippen LogP contribution >= 0.6 is 0 Å². The van der Waals surface area contributed by atoms with E-state index in [2.05, 4.69) is 0 Å². The molecule has 2 aromatic carbocycles. The number of ether oxygens (including phenoxy) is 1. The number of aromatic hydroxyl groups is 1. The van der Waals surface area contributed by atoms with Gasteiger partial charge in [-0.15, -0.1) is 0 Å². The van der Waals surface area contributed by atoms with Gasteiger partial charge in [-0.05, 0) is 36.1 Å². The van der Waals surface area contributed by atoms with Gasteiger partial charge in [0.15, 0.2) is 23.1 Å². The van der Waals surface area contributed by atoms with Crippen molar-refractivity contribution in [3.63, 3.8) is 0 Å². The van der Waals surface area contributed by atoms with Gasteiger partial charge in [-0.3, -0.25) is 19.3 Å². The lowest BCUT2D eigenvalue weighted by atomic mass is 9.90. The van der Waals surface area contributed by atoms with Crippen LogP contribution in [0.3, 0.4) is 0 Å². The second-order valence-corrected chi connectivity index (χ2v) is 8.53. The Morgan fingerprint density at radius 2 is 1.79 bits per heavy atom. The van der Waals surface area contributed by atoms with E-state index in [1.807, 2.05) is 35.3 Å². The zero-order valence-corrected chi connectivity index (χ0v) is 18.4. The van der Waals surface area contributed by atoms with Crippen LogP contribution in [0.2, 0.25) is 0 Å². The van der Waals surface area contributed by atoms with E-state index in [0.29, 0.717) is 18.4 Å². The standard InChI is InChI=1S/C25H23F2N3O4/c1-28-21-10-9-20(34-14-15-7-8-17(26)18(27)13-15)22(16-5-3-2-4-6-16)30(21)29-12-11-19(31)24(32)23(29)25(28)33/h2-8,11-13,20-22,32H,9-10,14H2,1H3. The van der Waals surface area contributed by atoms with Gasteiger partial charge in [-0.25, -0.2) is 8.78 Å². The van der Waals surface area contributed by atoms with Gasteiger partial charge < -0.3 is 14.7 Å². The summed E-state index contributed by atoms with van der Waals surface area (Å²) >= 11 is 0. The van der Waals surface area contributed by atoms with Crippen molar-refractivity contribution in [3.8, 4) is 5.75 Å². The lowest BCUT2D eigenvalue weighted by Gasteiger charge is -2.53. The summed E-state index contributed by atoms with van der Waals surface area (Å²) in [4.78, 5) is 26.6. The van der Waals surface area contributed by atoms with Crippen LogP contribution < -0.4 is 10.4 Å².